The van der Waals surface area contributed by atoms with E-state index in [4.69, 9.17) is 0 Å². The molecular formula is C42H60O8. The van der Waals surface area contributed by atoms with Gasteiger partial charge in [-0.2, -0.15) is 0 Å². The number of ketones is 6. The van der Waals surface area contributed by atoms with Crippen molar-refractivity contribution in [2.45, 2.75) is 130 Å². The van der Waals surface area contributed by atoms with Crippen molar-refractivity contribution in [2.75, 3.05) is 13.2 Å². The molecule has 8 fully saturated rings. The Morgan fingerprint density at radius 2 is 0.940 bits per heavy atom. The van der Waals surface area contributed by atoms with E-state index in [0.29, 0.717) is 97.2 Å². The summed E-state index contributed by atoms with van der Waals surface area (Å²) in [4.78, 5) is 75.1. The predicted octanol–water partition coefficient (Wildman–Crippen LogP) is 5.91. The van der Waals surface area contributed by atoms with E-state index in [1.807, 2.05) is 0 Å². The topological polar surface area (TPSA) is 143 Å². The third-order valence-electron chi connectivity index (χ3n) is 17.4. The number of aliphatic hydroxyl groups is 2. The molecule has 0 unspecified atom stereocenters. The van der Waals surface area contributed by atoms with Crippen molar-refractivity contribution >= 4 is 34.7 Å². The fourth-order valence-electron chi connectivity index (χ4n) is 15.0. The number of aliphatic hydroxyl groups excluding tert-OH is 2. The van der Waals surface area contributed by atoms with E-state index in [1.54, 1.807) is 0 Å². The summed E-state index contributed by atoms with van der Waals surface area (Å²) in [6, 6.07) is 0. The maximum Gasteiger partial charge on any atom is 0.161 e. The Kier molecular flexibility index (Phi) is 9.30. The highest BCUT2D eigenvalue weighted by molar-refractivity contribution is 5.90. The average molecular weight is 693 g/mol. The molecule has 8 aliphatic rings. The molecule has 0 aromatic carbocycles. The summed E-state index contributed by atoms with van der Waals surface area (Å²) in [7, 11) is 0. The molecule has 0 radical (unpaired) electrons. The van der Waals surface area contributed by atoms with Gasteiger partial charge in [-0.3, -0.25) is 28.8 Å². The zero-order valence-corrected chi connectivity index (χ0v) is 30.8. The van der Waals surface area contributed by atoms with E-state index in [9.17, 15) is 39.0 Å². The van der Waals surface area contributed by atoms with Crippen LogP contribution in [0.1, 0.15) is 130 Å². The number of hydrogen-bond acceptors (Lipinski definition) is 8. The largest absolute Gasteiger partial charge is 0.389 e. The lowest BCUT2D eigenvalue weighted by Gasteiger charge is -2.59. The van der Waals surface area contributed by atoms with Gasteiger partial charge < -0.3 is 10.2 Å². The molecule has 8 heteroatoms. The van der Waals surface area contributed by atoms with Crippen molar-refractivity contribution < 1.29 is 39.0 Å². The van der Waals surface area contributed by atoms with Crippen LogP contribution in [0.5, 0.6) is 0 Å². The van der Waals surface area contributed by atoms with Gasteiger partial charge in [0.2, 0.25) is 0 Å². The Morgan fingerprint density at radius 1 is 0.560 bits per heavy atom. The van der Waals surface area contributed by atoms with Crippen molar-refractivity contribution in [3.63, 3.8) is 0 Å². The first-order chi connectivity index (χ1) is 23.6. The van der Waals surface area contributed by atoms with Crippen LogP contribution in [0.3, 0.4) is 0 Å². The number of rotatable bonds is 4. The second kappa shape index (κ2) is 12.8. The lowest BCUT2D eigenvalue weighted by molar-refractivity contribution is -0.162. The van der Waals surface area contributed by atoms with Crippen molar-refractivity contribution in [2.24, 2.45) is 80.8 Å². The van der Waals surface area contributed by atoms with E-state index in [0.717, 1.165) is 64.2 Å². The van der Waals surface area contributed by atoms with Crippen LogP contribution in [0.2, 0.25) is 0 Å². The average Bonchev–Trinajstić information content (AvgIpc) is 3.60. The van der Waals surface area contributed by atoms with Crippen LogP contribution in [0.15, 0.2) is 0 Å². The van der Waals surface area contributed by atoms with Crippen molar-refractivity contribution in [3.8, 4) is 0 Å². The van der Waals surface area contributed by atoms with Gasteiger partial charge in [-0.15, -0.1) is 0 Å². The summed E-state index contributed by atoms with van der Waals surface area (Å²) in [5.41, 5.74) is -0.611. The highest BCUT2D eigenvalue weighted by atomic mass is 16.3. The third-order valence-corrected chi connectivity index (χ3v) is 17.4. The van der Waals surface area contributed by atoms with Crippen LogP contribution >= 0.6 is 0 Å². The molecule has 276 valence electrons. The Balaban J connectivity index is 0.000000157. The minimum absolute atomic E-state index is 0.0334. The molecule has 8 aliphatic carbocycles. The number of fused-ring (bicyclic) bond motifs is 10. The zero-order chi connectivity index (χ0) is 36.0. The number of hydrogen-bond donors (Lipinski definition) is 2. The molecule has 0 aromatic heterocycles. The van der Waals surface area contributed by atoms with E-state index >= 15 is 0 Å². The summed E-state index contributed by atoms with van der Waals surface area (Å²) in [5.74, 6) is 3.28. The summed E-state index contributed by atoms with van der Waals surface area (Å²) >= 11 is 0. The Labute approximate surface area is 297 Å². The quantitative estimate of drug-likeness (QED) is 0.370. The van der Waals surface area contributed by atoms with Gasteiger partial charge in [-0.1, -0.05) is 27.7 Å². The smallest absolute Gasteiger partial charge is 0.161 e. The molecule has 0 heterocycles. The van der Waals surface area contributed by atoms with Crippen molar-refractivity contribution in [3.05, 3.63) is 0 Å². The van der Waals surface area contributed by atoms with E-state index in [2.05, 4.69) is 27.7 Å². The molecule has 0 bridgehead atoms. The number of Topliss-reactive ketones (excluding diaryl/α,β-unsaturated/α-hetero) is 6. The fourth-order valence-corrected chi connectivity index (χ4v) is 15.0. The molecule has 8 saturated carbocycles. The zero-order valence-electron chi connectivity index (χ0n) is 30.8. The van der Waals surface area contributed by atoms with Crippen LogP contribution in [-0.2, 0) is 28.8 Å². The maximum absolute atomic E-state index is 13.3. The highest BCUT2D eigenvalue weighted by Crippen LogP contribution is 2.68. The Morgan fingerprint density at radius 3 is 1.30 bits per heavy atom. The van der Waals surface area contributed by atoms with E-state index < -0.39 is 13.2 Å². The first-order valence-corrected chi connectivity index (χ1v) is 20.0. The first-order valence-electron chi connectivity index (χ1n) is 20.0. The molecule has 0 saturated heterocycles. The summed E-state index contributed by atoms with van der Waals surface area (Å²) in [6.07, 6.45) is 13.0. The van der Waals surface area contributed by atoms with Crippen LogP contribution in [0.25, 0.3) is 0 Å². The molecule has 0 amide bonds. The van der Waals surface area contributed by atoms with E-state index in [-0.39, 0.29) is 56.9 Å². The summed E-state index contributed by atoms with van der Waals surface area (Å²) in [5, 5.41) is 18.7. The Bertz CT molecular complexity index is 1360. The van der Waals surface area contributed by atoms with Crippen LogP contribution in [0.4, 0.5) is 0 Å². The molecular weight excluding hydrogens is 632 g/mol. The van der Waals surface area contributed by atoms with Crippen LogP contribution in [-0.4, -0.2) is 58.1 Å². The number of carbonyl (C=O) groups excluding carboxylic acids is 6. The second-order valence-electron chi connectivity index (χ2n) is 19.3. The monoisotopic (exact) mass is 692 g/mol. The van der Waals surface area contributed by atoms with Gasteiger partial charge in [0, 0.05) is 62.2 Å². The molecule has 50 heavy (non-hydrogen) atoms. The minimum atomic E-state index is -0.406. The van der Waals surface area contributed by atoms with E-state index in [1.165, 1.54) is 0 Å². The van der Waals surface area contributed by atoms with Gasteiger partial charge in [0.25, 0.3) is 0 Å². The van der Waals surface area contributed by atoms with Gasteiger partial charge in [0.05, 0.1) is 0 Å². The predicted molar refractivity (Wildman–Crippen MR) is 185 cm³/mol. The molecule has 8 nitrogen and oxygen atoms in total. The molecule has 0 spiro atoms. The lowest BCUT2D eigenvalue weighted by atomic mass is 9.44. The second-order valence-corrected chi connectivity index (χ2v) is 19.3. The molecule has 8 rings (SSSR count). The first kappa shape index (κ1) is 36.3. The third kappa shape index (κ3) is 5.33. The SMILES string of the molecule is C[C@]12CCC(=O)C[C@H]1CC[C@H]1[C@@H]3CC[C@H](C(=O)CO)[C@@]3(C)CC(=O)[C@@H]12.C[C@]12CCC(=O)C[C@H]1CC[C@H]1[C@@H]3CC[C@H](C(=O)CO)[C@@]3(C)CC(=O)[C@@H]12. The Hall–Kier alpha value is -2.06. The molecule has 0 aromatic rings. The van der Waals surface area contributed by atoms with Gasteiger partial charge in [-0.05, 0) is 121 Å². The van der Waals surface area contributed by atoms with Gasteiger partial charge in [-0.25, -0.2) is 0 Å². The summed E-state index contributed by atoms with van der Waals surface area (Å²) < 4.78 is 0. The summed E-state index contributed by atoms with van der Waals surface area (Å²) in [6.45, 7) is 7.94. The maximum atomic E-state index is 13.3. The van der Waals surface area contributed by atoms with Crippen LogP contribution < -0.4 is 0 Å². The number of carbonyl (C=O) groups is 6. The highest BCUT2D eigenvalue weighted by Gasteiger charge is 2.65. The fraction of sp³-hybridized carbons (Fsp3) is 0.857. The normalized spacial score (nSPS) is 49.3. The molecule has 14 atom stereocenters. The van der Waals surface area contributed by atoms with Crippen LogP contribution in [0, 0.1) is 80.8 Å². The van der Waals surface area contributed by atoms with Gasteiger partial charge >= 0.3 is 0 Å². The van der Waals surface area contributed by atoms with Crippen molar-refractivity contribution in [1.29, 1.82) is 0 Å². The molecule has 2 N–H and O–H groups in total. The van der Waals surface area contributed by atoms with Gasteiger partial charge in [0.1, 0.15) is 36.3 Å². The standard InChI is InChI=1S/2C21H30O4/c2*1-20-8-7-13(23)9-12(20)3-4-14-15-5-6-16(18(25)11-22)21(15,2)10-17(24)19(14)20/h2*12,14-16,19,22H,3-11H2,1-2H3/t2*12-,14+,15+,16-,19-,20+,21+/m11/s1. The minimum Gasteiger partial charge on any atom is -0.389 e. The van der Waals surface area contributed by atoms with Gasteiger partial charge in [0.15, 0.2) is 11.6 Å². The lowest BCUT2D eigenvalue weighted by Crippen LogP contribution is -2.57. The van der Waals surface area contributed by atoms with Crippen molar-refractivity contribution in [1.82, 2.24) is 0 Å². The molecule has 0 aliphatic heterocycles.